The fourth-order valence-electron chi connectivity index (χ4n) is 2.91. The van der Waals surface area contributed by atoms with Crippen molar-refractivity contribution in [1.29, 1.82) is 0 Å². The van der Waals surface area contributed by atoms with Crippen LogP contribution < -0.4 is 14.2 Å². The van der Waals surface area contributed by atoms with Crippen molar-refractivity contribution in [3.63, 3.8) is 0 Å². The minimum absolute atomic E-state index is 0.125. The smallest absolute Gasteiger partial charge is 0.264 e. The molecular weight excluding hydrogens is 511 g/mol. The number of carbonyl (C=O) groups is 1. The molecule has 0 atom stereocenters. The third-order valence-corrected chi connectivity index (χ3v) is 6.63. The van der Waals surface area contributed by atoms with Gasteiger partial charge in [-0.1, -0.05) is 34.8 Å². The normalized spacial score (nSPS) is 11.2. The van der Waals surface area contributed by atoms with E-state index >= 15 is 0 Å². The summed E-state index contributed by atoms with van der Waals surface area (Å²) in [6.45, 7) is 3.23. The highest BCUT2D eigenvalue weighted by Gasteiger charge is 2.18. The van der Waals surface area contributed by atoms with E-state index in [1.165, 1.54) is 32.4 Å². The number of ether oxygens (including phenoxy) is 2. The van der Waals surface area contributed by atoms with Crippen LogP contribution >= 0.6 is 34.8 Å². The zero-order valence-electron chi connectivity index (χ0n) is 17.8. The Labute approximate surface area is 206 Å². The van der Waals surface area contributed by atoms with Crippen LogP contribution in [-0.2, 0) is 10.0 Å². The molecule has 174 valence electrons. The lowest BCUT2D eigenvalue weighted by Gasteiger charge is -2.14. The molecular formula is C22H19Cl3N2O5S. The number of sulfonamides is 1. The molecule has 1 amide bonds. The molecule has 0 aliphatic carbocycles. The van der Waals surface area contributed by atoms with Crippen molar-refractivity contribution in [3.05, 3.63) is 68.8 Å². The lowest BCUT2D eigenvalue weighted by molar-refractivity contribution is 0.0981. The van der Waals surface area contributed by atoms with Gasteiger partial charge in [-0.15, -0.1) is 0 Å². The fraction of sp³-hybridized carbons (Fsp3) is 0.182. The molecule has 0 spiro atoms. The lowest BCUT2D eigenvalue weighted by Crippen LogP contribution is -2.31. The van der Waals surface area contributed by atoms with Crippen LogP contribution in [0.3, 0.4) is 0 Å². The number of benzene rings is 2. The SMILES string of the molecule is CCS(=O)(=O)NC(=O)c1ccc(-c2cnc(Oc3c(C)cc(Cl)cc3Cl)c(Cl)c2)c(OC)c1. The predicted molar refractivity (Wildman–Crippen MR) is 129 cm³/mol. The summed E-state index contributed by atoms with van der Waals surface area (Å²) in [6, 6.07) is 9.42. The molecule has 0 aliphatic heterocycles. The maximum Gasteiger partial charge on any atom is 0.264 e. The minimum Gasteiger partial charge on any atom is -0.496 e. The molecule has 0 fully saturated rings. The molecule has 0 saturated carbocycles. The molecule has 1 aromatic heterocycles. The number of pyridine rings is 1. The summed E-state index contributed by atoms with van der Waals surface area (Å²) in [5.41, 5.74) is 2.03. The van der Waals surface area contributed by atoms with E-state index in [-0.39, 0.29) is 22.2 Å². The topological polar surface area (TPSA) is 94.6 Å². The zero-order valence-corrected chi connectivity index (χ0v) is 20.9. The summed E-state index contributed by atoms with van der Waals surface area (Å²) in [5.74, 6) is -0.102. The molecule has 1 N–H and O–H groups in total. The van der Waals surface area contributed by atoms with Crippen LogP contribution in [-0.4, -0.2) is 32.2 Å². The summed E-state index contributed by atoms with van der Waals surface area (Å²) < 4.78 is 36.5. The number of nitrogens with one attached hydrogen (secondary N) is 1. The number of nitrogens with zero attached hydrogens (tertiary/aromatic N) is 1. The van der Waals surface area contributed by atoms with Crippen molar-refractivity contribution in [2.24, 2.45) is 0 Å². The van der Waals surface area contributed by atoms with Crippen LogP contribution in [0.1, 0.15) is 22.8 Å². The summed E-state index contributed by atoms with van der Waals surface area (Å²) in [6.07, 6.45) is 1.53. The Hall–Kier alpha value is -2.52. The number of amides is 1. The third kappa shape index (κ3) is 5.89. The van der Waals surface area contributed by atoms with Crippen LogP contribution in [0.4, 0.5) is 0 Å². The highest BCUT2D eigenvalue weighted by molar-refractivity contribution is 7.90. The summed E-state index contributed by atoms with van der Waals surface area (Å²) in [4.78, 5) is 16.6. The van der Waals surface area contributed by atoms with E-state index in [2.05, 4.69) is 4.98 Å². The lowest BCUT2D eigenvalue weighted by atomic mass is 10.0. The highest BCUT2D eigenvalue weighted by Crippen LogP contribution is 2.39. The highest BCUT2D eigenvalue weighted by atomic mass is 35.5. The molecule has 0 aliphatic rings. The average Bonchev–Trinajstić information content (AvgIpc) is 2.76. The standard InChI is InChI=1S/C22H19Cl3N2O5S/c1-4-33(29,30)27-21(28)13-5-6-16(19(9-13)31-3)14-8-18(25)22(26-11-14)32-20-12(2)7-15(23)10-17(20)24/h5-11H,4H2,1-3H3,(H,27,28). The molecule has 3 rings (SSSR count). The molecule has 0 saturated heterocycles. The van der Waals surface area contributed by atoms with Crippen molar-refractivity contribution >= 4 is 50.7 Å². The maximum atomic E-state index is 12.3. The van der Waals surface area contributed by atoms with Gasteiger partial charge in [-0.25, -0.2) is 18.1 Å². The van der Waals surface area contributed by atoms with Crippen LogP contribution in [0, 0.1) is 6.92 Å². The van der Waals surface area contributed by atoms with Gasteiger partial charge in [-0.05, 0) is 55.8 Å². The van der Waals surface area contributed by atoms with Gasteiger partial charge in [0.1, 0.15) is 10.8 Å². The number of carbonyl (C=O) groups excluding carboxylic acids is 1. The van der Waals surface area contributed by atoms with Crippen molar-refractivity contribution in [3.8, 4) is 28.5 Å². The van der Waals surface area contributed by atoms with Gasteiger partial charge < -0.3 is 9.47 Å². The van der Waals surface area contributed by atoms with Gasteiger partial charge in [-0.3, -0.25) is 4.79 Å². The van der Waals surface area contributed by atoms with Crippen LogP contribution in [0.2, 0.25) is 15.1 Å². The first-order chi connectivity index (χ1) is 15.5. The zero-order chi connectivity index (χ0) is 24.3. The van der Waals surface area contributed by atoms with Crippen LogP contribution in [0.5, 0.6) is 17.4 Å². The second kappa shape index (κ2) is 10.2. The van der Waals surface area contributed by atoms with E-state index in [0.29, 0.717) is 32.7 Å². The van der Waals surface area contributed by atoms with Gasteiger partial charge in [-0.2, -0.15) is 0 Å². The number of rotatable bonds is 7. The molecule has 0 bridgehead atoms. The second-order valence-electron chi connectivity index (χ2n) is 6.90. The maximum absolute atomic E-state index is 12.3. The van der Waals surface area contributed by atoms with E-state index in [9.17, 15) is 13.2 Å². The predicted octanol–water partition coefficient (Wildman–Crippen LogP) is 5.90. The Kier molecular flexibility index (Phi) is 7.74. The Bertz CT molecular complexity index is 1310. The van der Waals surface area contributed by atoms with Gasteiger partial charge in [0, 0.05) is 27.9 Å². The van der Waals surface area contributed by atoms with Gasteiger partial charge in [0.25, 0.3) is 5.91 Å². The van der Waals surface area contributed by atoms with Crippen molar-refractivity contribution in [1.82, 2.24) is 9.71 Å². The third-order valence-electron chi connectivity index (χ3n) is 4.60. The van der Waals surface area contributed by atoms with E-state index < -0.39 is 15.9 Å². The second-order valence-corrected chi connectivity index (χ2v) is 10.2. The van der Waals surface area contributed by atoms with Crippen molar-refractivity contribution < 1.29 is 22.7 Å². The first kappa shape index (κ1) is 25.1. The first-order valence-electron chi connectivity index (χ1n) is 9.57. The molecule has 33 heavy (non-hydrogen) atoms. The van der Waals surface area contributed by atoms with Crippen LogP contribution in [0.15, 0.2) is 42.6 Å². The van der Waals surface area contributed by atoms with Gasteiger partial charge in [0.15, 0.2) is 5.75 Å². The molecule has 11 heteroatoms. The van der Waals surface area contributed by atoms with E-state index in [1.54, 1.807) is 31.2 Å². The largest absolute Gasteiger partial charge is 0.496 e. The summed E-state index contributed by atoms with van der Waals surface area (Å²) >= 11 is 18.6. The number of methoxy groups -OCH3 is 1. The number of aryl methyl sites for hydroxylation is 1. The molecule has 1 heterocycles. The van der Waals surface area contributed by atoms with E-state index in [4.69, 9.17) is 44.3 Å². The fourth-order valence-corrected chi connectivity index (χ4v) is 4.29. The monoisotopic (exact) mass is 528 g/mol. The summed E-state index contributed by atoms with van der Waals surface area (Å²) in [7, 11) is -2.26. The van der Waals surface area contributed by atoms with Gasteiger partial charge >= 0.3 is 0 Å². The minimum atomic E-state index is -3.69. The van der Waals surface area contributed by atoms with Crippen molar-refractivity contribution in [2.45, 2.75) is 13.8 Å². The molecule has 7 nitrogen and oxygen atoms in total. The van der Waals surface area contributed by atoms with E-state index in [1.807, 2.05) is 4.72 Å². The van der Waals surface area contributed by atoms with E-state index in [0.717, 1.165) is 5.56 Å². The first-order valence-corrected chi connectivity index (χ1v) is 12.4. The van der Waals surface area contributed by atoms with Gasteiger partial charge in [0.05, 0.1) is 17.9 Å². The molecule has 0 radical (unpaired) electrons. The van der Waals surface area contributed by atoms with Gasteiger partial charge in [0.2, 0.25) is 15.9 Å². The van der Waals surface area contributed by atoms with Crippen molar-refractivity contribution in [2.75, 3.05) is 12.9 Å². The average molecular weight is 530 g/mol. The Morgan fingerprint density at radius 1 is 1.09 bits per heavy atom. The number of halogens is 3. The quantitative estimate of drug-likeness (QED) is 0.410. The van der Waals surface area contributed by atoms with Crippen LogP contribution in [0.25, 0.3) is 11.1 Å². The number of aromatic nitrogens is 1. The number of hydrogen-bond donors (Lipinski definition) is 1. The molecule has 3 aromatic rings. The number of hydrogen-bond acceptors (Lipinski definition) is 6. The molecule has 0 unspecified atom stereocenters. The Morgan fingerprint density at radius 2 is 1.82 bits per heavy atom. The molecule has 2 aromatic carbocycles. The Morgan fingerprint density at radius 3 is 2.42 bits per heavy atom. The summed E-state index contributed by atoms with van der Waals surface area (Å²) in [5, 5.41) is 1.02. The Balaban J connectivity index is 1.91.